The standard InChI is InChI=1S/C15H14FNO3/c1-9-7-11(3-4-13(9)16)14(18)8-17-6-5-12(10(17)2)15(19)20/h3-7H,8H2,1-2H3,(H,19,20). The van der Waals surface area contributed by atoms with E-state index in [0.717, 1.165) is 0 Å². The number of carbonyl (C=O) groups excluding carboxylic acids is 1. The Bertz CT molecular complexity index is 688. The first kappa shape index (κ1) is 14.0. The Hall–Kier alpha value is -2.43. The van der Waals surface area contributed by atoms with Gasteiger partial charge in [-0.2, -0.15) is 0 Å². The molecular formula is C15H14FNO3. The number of hydrogen-bond donors (Lipinski definition) is 1. The highest BCUT2D eigenvalue weighted by Crippen LogP contribution is 2.14. The van der Waals surface area contributed by atoms with Crippen molar-refractivity contribution in [3.63, 3.8) is 0 Å². The van der Waals surface area contributed by atoms with Crippen LogP contribution in [0.15, 0.2) is 30.5 Å². The Morgan fingerprint density at radius 2 is 1.95 bits per heavy atom. The minimum atomic E-state index is -1.02. The molecule has 0 radical (unpaired) electrons. The third-order valence-corrected chi connectivity index (χ3v) is 3.27. The number of hydrogen-bond acceptors (Lipinski definition) is 2. The van der Waals surface area contributed by atoms with Crippen molar-refractivity contribution in [1.82, 2.24) is 4.57 Å². The van der Waals surface area contributed by atoms with Crippen LogP contribution in [0.3, 0.4) is 0 Å². The van der Waals surface area contributed by atoms with Gasteiger partial charge in [0.25, 0.3) is 0 Å². The Balaban J connectivity index is 2.23. The predicted octanol–water partition coefficient (Wildman–Crippen LogP) is 2.83. The summed E-state index contributed by atoms with van der Waals surface area (Å²) in [5.74, 6) is -1.57. The number of rotatable bonds is 4. The number of carboxylic acids is 1. The molecule has 2 aromatic rings. The normalized spacial score (nSPS) is 10.6. The van der Waals surface area contributed by atoms with E-state index in [1.165, 1.54) is 24.3 Å². The number of aromatic nitrogens is 1. The van der Waals surface area contributed by atoms with Crippen molar-refractivity contribution in [3.8, 4) is 0 Å². The van der Waals surface area contributed by atoms with Crippen molar-refractivity contribution in [2.24, 2.45) is 0 Å². The summed E-state index contributed by atoms with van der Waals surface area (Å²) in [5, 5.41) is 8.96. The zero-order valence-corrected chi connectivity index (χ0v) is 11.2. The quantitative estimate of drug-likeness (QED) is 0.873. The van der Waals surface area contributed by atoms with Gasteiger partial charge >= 0.3 is 5.97 Å². The average Bonchev–Trinajstić information content (AvgIpc) is 2.74. The topological polar surface area (TPSA) is 59.3 Å². The summed E-state index contributed by atoms with van der Waals surface area (Å²) >= 11 is 0. The summed E-state index contributed by atoms with van der Waals surface area (Å²) in [7, 11) is 0. The van der Waals surface area contributed by atoms with Crippen molar-refractivity contribution in [3.05, 3.63) is 58.7 Å². The van der Waals surface area contributed by atoms with Crippen molar-refractivity contribution in [2.75, 3.05) is 0 Å². The molecule has 1 aromatic carbocycles. The first-order valence-electron chi connectivity index (χ1n) is 6.08. The fourth-order valence-corrected chi connectivity index (χ4v) is 2.01. The molecule has 0 saturated carbocycles. The number of halogens is 1. The monoisotopic (exact) mass is 275 g/mol. The predicted molar refractivity (Wildman–Crippen MR) is 71.6 cm³/mol. The molecule has 0 fully saturated rings. The van der Waals surface area contributed by atoms with E-state index < -0.39 is 5.97 Å². The van der Waals surface area contributed by atoms with Gasteiger partial charge in [0.15, 0.2) is 5.78 Å². The number of carbonyl (C=O) groups is 2. The molecule has 0 saturated heterocycles. The molecule has 20 heavy (non-hydrogen) atoms. The molecule has 0 amide bonds. The van der Waals surface area contributed by atoms with Gasteiger partial charge in [0.2, 0.25) is 0 Å². The van der Waals surface area contributed by atoms with Crippen LogP contribution in [0.2, 0.25) is 0 Å². The van der Waals surface area contributed by atoms with Crippen LogP contribution in [0, 0.1) is 19.7 Å². The lowest BCUT2D eigenvalue weighted by Gasteiger charge is -2.07. The lowest BCUT2D eigenvalue weighted by atomic mass is 10.1. The number of carboxylic acid groups (broad SMARTS) is 1. The highest BCUT2D eigenvalue weighted by atomic mass is 19.1. The van der Waals surface area contributed by atoms with Gasteiger partial charge in [-0.15, -0.1) is 0 Å². The van der Waals surface area contributed by atoms with Crippen molar-refractivity contribution >= 4 is 11.8 Å². The zero-order valence-electron chi connectivity index (χ0n) is 11.2. The highest BCUT2D eigenvalue weighted by Gasteiger charge is 2.14. The lowest BCUT2D eigenvalue weighted by Crippen LogP contribution is -2.12. The SMILES string of the molecule is Cc1cc(C(=O)Cn2ccc(C(=O)O)c2C)ccc1F. The first-order chi connectivity index (χ1) is 9.40. The van der Waals surface area contributed by atoms with Gasteiger partial charge in [0.1, 0.15) is 5.82 Å². The van der Waals surface area contributed by atoms with Crippen LogP contribution >= 0.6 is 0 Å². The van der Waals surface area contributed by atoms with Crippen LogP contribution in [0.1, 0.15) is 32.0 Å². The van der Waals surface area contributed by atoms with Crippen LogP contribution < -0.4 is 0 Å². The summed E-state index contributed by atoms with van der Waals surface area (Å²) < 4.78 is 14.7. The van der Waals surface area contributed by atoms with E-state index >= 15 is 0 Å². The van der Waals surface area contributed by atoms with Crippen LogP contribution in [0.5, 0.6) is 0 Å². The third-order valence-electron chi connectivity index (χ3n) is 3.27. The molecule has 4 nitrogen and oxygen atoms in total. The molecular weight excluding hydrogens is 261 g/mol. The van der Waals surface area contributed by atoms with E-state index in [0.29, 0.717) is 16.8 Å². The molecule has 0 atom stereocenters. The van der Waals surface area contributed by atoms with Gasteiger partial charge in [-0.25, -0.2) is 9.18 Å². The van der Waals surface area contributed by atoms with Gasteiger partial charge in [0, 0.05) is 17.5 Å². The molecule has 0 aliphatic heterocycles. The number of aryl methyl sites for hydroxylation is 1. The molecule has 0 aliphatic carbocycles. The molecule has 5 heteroatoms. The lowest BCUT2D eigenvalue weighted by molar-refractivity contribution is 0.0695. The number of aromatic carboxylic acids is 1. The Kier molecular flexibility index (Phi) is 3.70. The van der Waals surface area contributed by atoms with E-state index in [1.54, 1.807) is 24.6 Å². The fraction of sp³-hybridized carbons (Fsp3) is 0.200. The molecule has 1 aromatic heterocycles. The summed E-state index contributed by atoms with van der Waals surface area (Å²) in [6.07, 6.45) is 1.56. The second kappa shape index (κ2) is 5.28. The molecule has 104 valence electrons. The van der Waals surface area contributed by atoms with E-state index in [2.05, 4.69) is 0 Å². The highest BCUT2D eigenvalue weighted by molar-refractivity contribution is 5.96. The van der Waals surface area contributed by atoms with Gasteiger partial charge in [-0.1, -0.05) is 0 Å². The smallest absolute Gasteiger partial charge is 0.337 e. The second-order valence-corrected chi connectivity index (χ2v) is 4.64. The summed E-state index contributed by atoms with van der Waals surface area (Å²) in [4.78, 5) is 23.1. The molecule has 0 unspecified atom stereocenters. The molecule has 1 N–H and O–H groups in total. The Morgan fingerprint density at radius 3 is 2.50 bits per heavy atom. The fourth-order valence-electron chi connectivity index (χ4n) is 2.01. The molecule has 2 rings (SSSR count). The minimum Gasteiger partial charge on any atom is -0.478 e. The Morgan fingerprint density at radius 1 is 1.25 bits per heavy atom. The van der Waals surface area contributed by atoms with E-state index in [1.807, 2.05) is 0 Å². The van der Waals surface area contributed by atoms with Crippen molar-refractivity contribution in [2.45, 2.75) is 20.4 Å². The minimum absolute atomic E-state index is 0.0319. The van der Waals surface area contributed by atoms with Crippen molar-refractivity contribution in [1.29, 1.82) is 0 Å². The van der Waals surface area contributed by atoms with Gasteiger partial charge < -0.3 is 9.67 Å². The summed E-state index contributed by atoms with van der Waals surface area (Å²) in [5.41, 5.74) is 1.51. The van der Waals surface area contributed by atoms with Gasteiger partial charge in [0.05, 0.1) is 12.1 Å². The first-order valence-corrected chi connectivity index (χ1v) is 6.08. The summed E-state index contributed by atoms with van der Waals surface area (Å²) in [6.45, 7) is 3.27. The maximum absolute atomic E-state index is 13.2. The van der Waals surface area contributed by atoms with Crippen LogP contribution in [0.25, 0.3) is 0 Å². The van der Waals surface area contributed by atoms with E-state index in [9.17, 15) is 14.0 Å². The van der Waals surface area contributed by atoms with E-state index in [4.69, 9.17) is 5.11 Å². The molecule has 0 aliphatic rings. The largest absolute Gasteiger partial charge is 0.478 e. The van der Waals surface area contributed by atoms with E-state index in [-0.39, 0.29) is 23.7 Å². The zero-order chi connectivity index (χ0) is 14.9. The average molecular weight is 275 g/mol. The number of ketones is 1. The second-order valence-electron chi connectivity index (χ2n) is 4.64. The van der Waals surface area contributed by atoms with Gasteiger partial charge in [-0.05, 0) is 43.7 Å². The molecule has 1 heterocycles. The van der Waals surface area contributed by atoms with Crippen LogP contribution in [-0.2, 0) is 6.54 Å². The maximum atomic E-state index is 13.2. The number of benzene rings is 1. The maximum Gasteiger partial charge on any atom is 0.337 e. The third kappa shape index (κ3) is 2.61. The number of nitrogens with zero attached hydrogens (tertiary/aromatic N) is 1. The Labute approximate surface area is 115 Å². The molecule has 0 bridgehead atoms. The molecule has 0 spiro atoms. The summed E-state index contributed by atoms with van der Waals surface area (Å²) in [6, 6.07) is 5.64. The number of Topliss-reactive ketones (excluding diaryl/α,β-unsaturated/α-hetero) is 1. The van der Waals surface area contributed by atoms with Crippen LogP contribution in [-0.4, -0.2) is 21.4 Å². The van der Waals surface area contributed by atoms with Crippen molar-refractivity contribution < 1.29 is 19.1 Å². The van der Waals surface area contributed by atoms with Gasteiger partial charge in [-0.3, -0.25) is 4.79 Å². The van der Waals surface area contributed by atoms with Crippen LogP contribution in [0.4, 0.5) is 4.39 Å².